The Kier molecular flexibility index (Phi) is 3.84. The molecule has 0 spiro atoms. The third-order valence-corrected chi connectivity index (χ3v) is 3.98. The number of carbonyl (C=O) groups excluding carboxylic acids is 1. The van der Waals surface area contributed by atoms with Gasteiger partial charge in [0, 0.05) is 6.04 Å². The first-order valence-corrected chi connectivity index (χ1v) is 7.63. The molecule has 1 aliphatic rings. The van der Waals surface area contributed by atoms with E-state index in [0.29, 0.717) is 24.3 Å². The van der Waals surface area contributed by atoms with Crippen LogP contribution in [0.15, 0.2) is 18.2 Å². The molecule has 6 heteroatoms. The fourth-order valence-electron chi connectivity index (χ4n) is 1.90. The largest absolute Gasteiger partial charge is 0.494 e. The van der Waals surface area contributed by atoms with Crippen molar-refractivity contribution >= 4 is 32.6 Å². The number of amides is 1. The van der Waals surface area contributed by atoms with Crippen molar-refractivity contribution in [2.75, 3.05) is 18.5 Å². The van der Waals surface area contributed by atoms with Crippen molar-refractivity contribution in [3.05, 3.63) is 18.2 Å². The summed E-state index contributed by atoms with van der Waals surface area (Å²) < 4.78 is 6.47. The first-order valence-electron chi connectivity index (χ1n) is 6.81. The van der Waals surface area contributed by atoms with Crippen molar-refractivity contribution in [3.8, 4) is 5.75 Å². The van der Waals surface area contributed by atoms with Crippen LogP contribution in [0.4, 0.5) is 5.13 Å². The normalized spacial score (nSPS) is 14.4. The van der Waals surface area contributed by atoms with Crippen LogP contribution >= 0.6 is 11.3 Å². The summed E-state index contributed by atoms with van der Waals surface area (Å²) in [4.78, 5) is 16.2. The number of carbonyl (C=O) groups is 1. The van der Waals surface area contributed by atoms with E-state index < -0.39 is 0 Å². The lowest BCUT2D eigenvalue weighted by atomic mass is 10.3. The number of ether oxygens (including phenoxy) is 1. The number of fused-ring (bicyclic) bond motifs is 1. The molecule has 1 aromatic carbocycles. The molecule has 1 amide bonds. The summed E-state index contributed by atoms with van der Waals surface area (Å²) >= 11 is 1.46. The Morgan fingerprint density at radius 1 is 1.50 bits per heavy atom. The zero-order valence-electron chi connectivity index (χ0n) is 11.3. The highest BCUT2D eigenvalue weighted by Gasteiger charge is 2.21. The molecule has 20 heavy (non-hydrogen) atoms. The minimum atomic E-state index is -0.0408. The van der Waals surface area contributed by atoms with Crippen molar-refractivity contribution in [1.82, 2.24) is 10.3 Å². The molecule has 2 N–H and O–H groups in total. The quantitative estimate of drug-likeness (QED) is 0.858. The van der Waals surface area contributed by atoms with Crippen LogP contribution in [0.2, 0.25) is 0 Å². The van der Waals surface area contributed by atoms with Crippen molar-refractivity contribution in [1.29, 1.82) is 0 Å². The van der Waals surface area contributed by atoms with E-state index >= 15 is 0 Å². The van der Waals surface area contributed by atoms with Crippen LogP contribution in [0.25, 0.3) is 10.2 Å². The summed E-state index contributed by atoms with van der Waals surface area (Å²) in [7, 11) is 0. The van der Waals surface area contributed by atoms with Gasteiger partial charge in [-0.2, -0.15) is 0 Å². The van der Waals surface area contributed by atoms with Crippen LogP contribution in [0.1, 0.15) is 19.8 Å². The van der Waals surface area contributed by atoms with Crippen LogP contribution in [0, 0.1) is 0 Å². The highest BCUT2D eigenvalue weighted by Crippen LogP contribution is 2.29. The first kappa shape index (κ1) is 13.3. The molecule has 0 saturated heterocycles. The number of anilines is 1. The van der Waals surface area contributed by atoms with E-state index in [4.69, 9.17) is 4.74 Å². The highest BCUT2D eigenvalue weighted by atomic mass is 32.1. The Morgan fingerprint density at radius 3 is 3.10 bits per heavy atom. The molecule has 0 aliphatic heterocycles. The average Bonchev–Trinajstić information content (AvgIpc) is 3.17. The SMILES string of the molecule is CCOc1ccc2nc(NC(=O)CNC3CC3)sc2c1. The van der Waals surface area contributed by atoms with Gasteiger partial charge in [-0.05, 0) is 38.0 Å². The number of aromatic nitrogens is 1. The van der Waals surface area contributed by atoms with Crippen LogP contribution in [0.3, 0.4) is 0 Å². The molecule has 1 aromatic heterocycles. The van der Waals surface area contributed by atoms with Gasteiger partial charge in [-0.1, -0.05) is 11.3 Å². The minimum Gasteiger partial charge on any atom is -0.494 e. The standard InChI is InChI=1S/C14H17N3O2S/c1-2-19-10-5-6-11-12(7-10)20-14(16-11)17-13(18)8-15-9-3-4-9/h5-7,9,15H,2-4,8H2,1H3,(H,16,17,18). The molecule has 1 heterocycles. The fraction of sp³-hybridized carbons (Fsp3) is 0.429. The van der Waals surface area contributed by atoms with Gasteiger partial charge in [0.2, 0.25) is 5.91 Å². The highest BCUT2D eigenvalue weighted by molar-refractivity contribution is 7.22. The summed E-state index contributed by atoms with van der Waals surface area (Å²) in [5.41, 5.74) is 0.879. The number of benzene rings is 1. The average molecular weight is 291 g/mol. The lowest BCUT2D eigenvalue weighted by Crippen LogP contribution is -2.29. The molecule has 0 bridgehead atoms. The number of hydrogen-bond donors (Lipinski definition) is 2. The topological polar surface area (TPSA) is 63.2 Å². The Labute approximate surface area is 121 Å². The Balaban J connectivity index is 1.66. The second-order valence-electron chi connectivity index (χ2n) is 4.78. The molecule has 1 aliphatic carbocycles. The number of nitrogens with one attached hydrogen (secondary N) is 2. The maximum atomic E-state index is 11.8. The molecule has 0 unspecified atom stereocenters. The maximum Gasteiger partial charge on any atom is 0.240 e. The van der Waals surface area contributed by atoms with Gasteiger partial charge in [-0.25, -0.2) is 4.98 Å². The van der Waals surface area contributed by atoms with Gasteiger partial charge in [0.1, 0.15) is 5.75 Å². The smallest absolute Gasteiger partial charge is 0.240 e. The zero-order chi connectivity index (χ0) is 13.9. The molecule has 0 atom stereocenters. The van der Waals surface area contributed by atoms with E-state index in [-0.39, 0.29) is 5.91 Å². The molecule has 1 fully saturated rings. The number of hydrogen-bond acceptors (Lipinski definition) is 5. The summed E-state index contributed by atoms with van der Waals surface area (Å²) in [6, 6.07) is 6.29. The third kappa shape index (κ3) is 3.26. The molecule has 106 valence electrons. The molecular formula is C14H17N3O2S. The Hall–Kier alpha value is -1.66. The fourth-order valence-corrected chi connectivity index (χ4v) is 2.81. The van der Waals surface area contributed by atoms with Crippen molar-refractivity contribution in [2.24, 2.45) is 0 Å². The Bertz CT molecular complexity index is 622. The van der Waals surface area contributed by atoms with E-state index in [9.17, 15) is 4.79 Å². The summed E-state index contributed by atoms with van der Waals surface area (Å²) in [5, 5.41) is 6.65. The Morgan fingerprint density at radius 2 is 2.35 bits per heavy atom. The van der Waals surface area contributed by atoms with Gasteiger partial charge < -0.3 is 15.4 Å². The molecule has 3 rings (SSSR count). The van der Waals surface area contributed by atoms with Crippen LogP contribution in [-0.2, 0) is 4.79 Å². The third-order valence-electron chi connectivity index (χ3n) is 3.05. The van der Waals surface area contributed by atoms with Crippen molar-refractivity contribution in [3.63, 3.8) is 0 Å². The summed E-state index contributed by atoms with van der Waals surface area (Å²) in [6.45, 7) is 2.95. The van der Waals surface area contributed by atoms with Gasteiger partial charge >= 0.3 is 0 Å². The lowest BCUT2D eigenvalue weighted by Gasteiger charge is -2.01. The van der Waals surface area contributed by atoms with Gasteiger partial charge in [-0.3, -0.25) is 4.79 Å². The van der Waals surface area contributed by atoms with Gasteiger partial charge in [0.15, 0.2) is 5.13 Å². The first-order chi connectivity index (χ1) is 9.74. The van der Waals surface area contributed by atoms with Gasteiger partial charge in [-0.15, -0.1) is 0 Å². The molecule has 5 nitrogen and oxygen atoms in total. The van der Waals surface area contributed by atoms with E-state index in [1.54, 1.807) is 0 Å². The maximum absolute atomic E-state index is 11.8. The molecular weight excluding hydrogens is 274 g/mol. The van der Waals surface area contributed by atoms with Crippen LogP contribution in [-0.4, -0.2) is 30.1 Å². The van der Waals surface area contributed by atoms with Crippen LogP contribution in [0.5, 0.6) is 5.75 Å². The van der Waals surface area contributed by atoms with E-state index in [1.165, 1.54) is 24.2 Å². The second-order valence-corrected chi connectivity index (χ2v) is 5.82. The monoisotopic (exact) mass is 291 g/mol. The lowest BCUT2D eigenvalue weighted by molar-refractivity contribution is -0.115. The zero-order valence-corrected chi connectivity index (χ0v) is 12.1. The van der Waals surface area contributed by atoms with E-state index in [1.807, 2.05) is 25.1 Å². The number of rotatable bonds is 6. The van der Waals surface area contributed by atoms with Crippen LogP contribution < -0.4 is 15.4 Å². The molecule has 2 aromatic rings. The van der Waals surface area contributed by atoms with E-state index in [2.05, 4.69) is 15.6 Å². The van der Waals surface area contributed by atoms with Gasteiger partial charge in [0.05, 0.1) is 23.4 Å². The summed E-state index contributed by atoms with van der Waals surface area (Å²) in [6.07, 6.45) is 2.35. The van der Waals surface area contributed by atoms with Crippen molar-refractivity contribution < 1.29 is 9.53 Å². The van der Waals surface area contributed by atoms with Crippen molar-refractivity contribution in [2.45, 2.75) is 25.8 Å². The minimum absolute atomic E-state index is 0.0408. The van der Waals surface area contributed by atoms with E-state index in [0.717, 1.165) is 16.0 Å². The second kappa shape index (κ2) is 5.76. The number of nitrogens with zero attached hydrogens (tertiary/aromatic N) is 1. The predicted molar refractivity (Wildman–Crippen MR) is 80.4 cm³/mol. The molecule has 0 radical (unpaired) electrons. The predicted octanol–water partition coefficient (Wildman–Crippen LogP) is 2.39. The number of thiazole rings is 1. The van der Waals surface area contributed by atoms with Gasteiger partial charge in [0.25, 0.3) is 0 Å². The molecule has 1 saturated carbocycles. The summed E-state index contributed by atoms with van der Waals surface area (Å²) in [5.74, 6) is 0.790.